The normalized spacial score (nSPS) is 15.3. The van der Waals surface area contributed by atoms with Gasteiger partial charge in [0, 0.05) is 42.8 Å². The molecule has 0 bridgehead atoms. The fraction of sp³-hybridized carbons (Fsp3) is 0.583. The van der Waals surface area contributed by atoms with Crippen LogP contribution in [0.3, 0.4) is 0 Å². The Morgan fingerprint density at radius 2 is 2.33 bits per heavy atom. The molecule has 1 aromatic rings. The summed E-state index contributed by atoms with van der Waals surface area (Å²) in [4.78, 5) is 4.17. The Morgan fingerprint density at radius 3 is 3.07 bits per heavy atom. The van der Waals surface area contributed by atoms with Crippen molar-refractivity contribution in [3.8, 4) is 0 Å². The van der Waals surface area contributed by atoms with E-state index in [1.54, 1.807) is 0 Å². The summed E-state index contributed by atoms with van der Waals surface area (Å²) in [5, 5.41) is 6.94. The summed E-state index contributed by atoms with van der Waals surface area (Å²) >= 11 is 0. The molecule has 3 heteroatoms. The zero-order chi connectivity index (χ0) is 10.5. The van der Waals surface area contributed by atoms with E-state index in [2.05, 4.69) is 28.6 Å². The van der Waals surface area contributed by atoms with Crippen LogP contribution in [0.2, 0.25) is 0 Å². The molecule has 3 nitrogen and oxygen atoms in total. The largest absolute Gasteiger partial charge is 0.385 e. The first-order valence-electron chi connectivity index (χ1n) is 5.80. The van der Waals surface area contributed by atoms with E-state index in [1.165, 1.54) is 24.1 Å². The molecule has 1 fully saturated rings. The van der Waals surface area contributed by atoms with Crippen molar-refractivity contribution >= 4 is 5.69 Å². The highest BCUT2D eigenvalue weighted by Gasteiger charge is 2.20. The van der Waals surface area contributed by atoms with E-state index in [-0.39, 0.29) is 0 Å². The van der Waals surface area contributed by atoms with Gasteiger partial charge in [0.2, 0.25) is 0 Å². The highest BCUT2D eigenvalue weighted by molar-refractivity contribution is 5.49. The van der Waals surface area contributed by atoms with Crippen LogP contribution in [0.15, 0.2) is 18.5 Å². The topological polar surface area (TPSA) is 37.0 Å². The van der Waals surface area contributed by atoms with Crippen LogP contribution in [0.4, 0.5) is 5.69 Å². The number of hydrogen-bond acceptors (Lipinski definition) is 3. The SMILES string of the molecule is CCCNc1ccncc1CNC1CC1. The van der Waals surface area contributed by atoms with Crippen LogP contribution >= 0.6 is 0 Å². The molecule has 1 saturated carbocycles. The Kier molecular flexibility index (Phi) is 3.56. The molecule has 1 aromatic heterocycles. The molecule has 0 atom stereocenters. The molecule has 82 valence electrons. The summed E-state index contributed by atoms with van der Waals surface area (Å²) in [6, 6.07) is 2.81. The van der Waals surface area contributed by atoms with Gasteiger partial charge in [-0.25, -0.2) is 0 Å². The predicted molar refractivity (Wildman–Crippen MR) is 62.9 cm³/mol. The third-order valence-corrected chi connectivity index (χ3v) is 2.63. The van der Waals surface area contributed by atoms with Gasteiger partial charge in [-0.3, -0.25) is 4.98 Å². The average molecular weight is 205 g/mol. The van der Waals surface area contributed by atoms with Crippen LogP contribution in [0.5, 0.6) is 0 Å². The van der Waals surface area contributed by atoms with E-state index in [4.69, 9.17) is 0 Å². The van der Waals surface area contributed by atoms with Gasteiger partial charge < -0.3 is 10.6 Å². The molecule has 0 spiro atoms. The fourth-order valence-corrected chi connectivity index (χ4v) is 1.54. The van der Waals surface area contributed by atoms with Crippen LogP contribution < -0.4 is 10.6 Å². The second-order valence-electron chi connectivity index (χ2n) is 4.11. The molecular weight excluding hydrogens is 186 g/mol. The minimum atomic E-state index is 0.754. The summed E-state index contributed by atoms with van der Waals surface area (Å²) in [7, 11) is 0. The Hall–Kier alpha value is -1.09. The van der Waals surface area contributed by atoms with Crippen molar-refractivity contribution in [1.29, 1.82) is 0 Å². The van der Waals surface area contributed by atoms with Gasteiger partial charge in [-0.1, -0.05) is 6.92 Å². The molecule has 1 aliphatic rings. The van der Waals surface area contributed by atoms with E-state index >= 15 is 0 Å². The predicted octanol–water partition coefficient (Wildman–Crippen LogP) is 2.16. The van der Waals surface area contributed by atoms with Gasteiger partial charge in [0.1, 0.15) is 0 Å². The van der Waals surface area contributed by atoms with E-state index in [0.29, 0.717) is 0 Å². The molecule has 0 aromatic carbocycles. The lowest BCUT2D eigenvalue weighted by Gasteiger charge is -2.11. The molecule has 2 N–H and O–H groups in total. The van der Waals surface area contributed by atoms with Crippen LogP contribution in [0.25, 0.3) is 0 Å². The summed E-state index contributed by atoms with van der Waals surface area (Å²) in [5.74, 6) is 0. The van der Waals surface area contributed by atoms with Crippen LogP contribution in [-0.2, 0) is 6.54 Å². The highest BCUT2D eigenvalue weighted by Crippen LogP contribution is 2.20. The number of anilines is 1. The van der Waals surface area contributed by atoms with Crippen molar-refractivity contribution in [3.63, 3.8) is 0 Å². The summed E-state index contributed by atoms with van der Waals surface area (Å²) in [5.41, 5.74) is 2.50. The zero-order valence-corrected chi connectivity index (χ0v) is 9.29. The van der Waals surface area contributed by atoms with Gasteiger partial charge in [0.05, 0.1) is 0 Å². The maximum absolute atomic E-state index is 4.17. The highest BCUT2D eigenvalue weighted by atomic mass is 15.0. The van der Waals surface area contributed by atoms with Crippen molar-refractivity contribution in [2.75, 3.05) is 11.9 Å². The molecule has 1 heterocycles. The maximum atomic E-state index is 4.17. The molecule has 0 amide bonds. The summed E-state index contributed by atoms with van der Waals surface area (Å²) in [6.45, 7) is 4.14. The van der Waals surface area contributed by atoms with Gasteiger partial charge in [0.25, 0.3) is 0 Å². The lowest BCUT2D eigenvalue weighted by molar-refractivity contribution is 0.686. The van der Waals surface area contributed by atoms with Gasteiger partial charge in [-0.05, 0) is 25.3 Å². The Bertz CT molecular complexity index is 307. The molecule has 0 unspecified atom stereocenters. The van der Waals surface area contributed by atoms with Gasteiger partial charge in [-0.2, -0.15) is 0 Å². The van der Waals surface area contributed by atoms with Crippen molar-refractivity contribution in [2.45, 2.75) is 38.8 Å². The van der Waals surface area contributed by atoms with Crippen molar-refractivity contribution in [2.24, 2.45) is 0 Å². The zero-order valence-electron chi connectivity index (χ0n) is 9.29. The fourth-order valence-electron chi connectivity index (χ4n) is 1.54. The van der Waals surface area contributed by atoms with Crippen LogP contribution in [0, 0.1) is 0 Å². The molecule has 0 radical (unpaired) electrons. The average Bonchev–Trinajstić information content (AvgIpc) is 3.08. The molecule has 1 aliphatic carbocycles. The Morgan fingerprint density at radius 1 is 1.47 bits per heavy atom. The summed E-state index contributed by atoms with van der Waals surface area (Å²) in [6.07, 6.45) is 7.61. The number of hydrogen-bond donors (Lipinski definition) is 2. The van der Waals surface area contributed by atoms with Crippen LogP contribution in [-0.4, -0.2) is 17.6 Å². The smallest absolute Gasteiger partial charge is 0.0416 e. The standard InChI is InChI=1S/C12H19N3/c1-2-6-14-12-5-7-13-8-10(12)9-15-11-3-4-11/h5,7-8,11,15H,2-4,6,9H2,1H3,(H,13,14). The van der Waals surface area contributed by atoms with Crippen LogP contribution in [0.1, 0.15) is 31.7 Å². The first-order valence-corrected chi connectivity index (χ1v) is 5.80. The quantitative estimate of drug-likeness (QED) is 0.747. The third-order valence-electron chi connectivity index (χ3n) is 2.63. The van der Waals surface area contributed by atoms with E-state index < -0.39 is 0 Å². The second kappa shape index (κ2) is 5.12. The van der Waals surface area contributed by atoms with E-state index in [0.717, 1.165) is 25.6 Å². The van der Waals surface area contributed by atoms with Gasteiger partial charge in [0.15, 0.2) is 0 Å². The Balaban J connectivity index is 1.93. The van der Waals surface area contributed by atoms with Crippen molar-refractivity contribution < 1.29 is 0 Å². The number of nitrogens with zero attached hydrogens (tertiary/aromatic N) is 1. The van der Waals surface area contributed by atoms with E-state index in [1.807, 2.05) is 12.4 Å². The van der Waals surface area contributed by atoms with E-state index in [9.17, 15) is 0 Å². The van der Waals surface area contributed by atoms with Crippen molar-refractivity contribution in [3.05, 3.63) is 24.0 Å². The monoisotopic (exact) mass is 205 g/mol. The second-order valence-corrected chi connectivity index (χ2v) is 4.11. The molecule has 0 aliphatic heterocycles. The first kappa shape index (κ1) is 10.4. The van der Waals surface area contributed by atoms with Gasteiger partial charge >= 0.3 is 0 Å². The lowest BCUT2D eigenvalue weighted by Crippen LogP contribution is -2.17. The van der Waals surface area contributed by atoms with Crippen molar-refractivity contribution in [1.82, 2.24) is 10.3 Å². The minimum Gasteiger partial charge on any atom is -0.385 e. The number of nitrogens with one attached hydrogen (secondary N) is 2. The summed E-state index contributed by atoms with van der Waals surface area (Å²) < 4.78 is 0. The van der Waals surface area contributed by atoms with Gasteiger partial charge in [-0.15, -0.1) is 0 Å². The number of rotatable bonds is 6. The number of aromatic nitrogens is 1. The number of pyridine rings is 1. The maximum Gasteiger partial charge on any atom is 0.0416 e. The first-order chi connectivity index (χ1) is 7.40. The minimum absolute atomic E-state index is 0.754. The molecule has 2 rings (SSSR count). The molecular formula is C12H19N3. The lowest BCUT2D eigenvalue weighted by atomic mass is 10.2. The molecule has 0 saturated heterocycles. The molecule has 15 heavy (non-hydrogen) atoms. The third kappa shape index (κ3) is 3.20. The Labute approximate surface area is 91.3 Å².